The number of benzene rings is 2. The highest BCUT2D eigenvalue weighted by Crippen LogP contribution is 2.23. The first-order valence-electron chi connectivity index (χ1n) is 10.9. The van der Waals surface area contributed by atoms with Gasteiger partial charge in [0.1, 0.15) is 0 Å². The summed E-state index contributed by atoms with van der Waals surface area (Å²) in [6.45, 7) is 2.05. The van der Waals surface area contributed by atoms with Gasteiger partial charge in [0.15, 0.2) is 0 Å². The highest BCUT2D eigenvalue weighted by atomic mass is 79.9. The Kier molecular flexibility index (Phi) is 9.50. The molecule has 2 heterocycles. The van der Waals surface area contributed by atoms with E-state index in [1.165, 1.54) is 0 Å². The summed E-state index contributed by atoms with van der Waals surface area (Å²) in [6.07, 6.45) is -5.06. The SMILES string of the molecule is N=S1(=O)CCN(c2ccc(Br)cc2)CC1.O=C(N=S1(=O)CCN(c2ccc(Br)cc2)CC1)C(F)(F)F. The average Bonchev–Trinajstić information content (AvgIpc) is 2.81. The van der Waals surface area contributed by atoms with E-state index in [9.17, 15) is 26.4 Å². The van der Waals surface area contributed by atoms with Crippen LogP contribution >= 0.6 is 31.9 Å². The molecule has 2 aliphatic heterocycles. The Morgan fingerprint density at radius 2 is 1.14 bits per heavy atom. The standard InChI is InChI=1S/C12H12BrF3N2O2S.C10H13BrN2OS/c13-9-1-3-10(4-2-9)18-5-7-21(20,8-6-18)17-11(19)12(14,15)16;11-9-1-3-10(4-2-9)13-5-7-15(12,14)8-6-13/h1-4H,5-8H2;1-4,12H,5-8H2. The lowest BCUT2D eigenvalue weighted by atomic mass is 10.3. The van der Waals surface area contributed by atoms with E-state index in [2.05, 4.69) is 41.1 Å². The van der Waals surface area contributed by atoms with E-state index in [-0.39, 0.29) is 11.5 Å². The van der Waals surface area contributed by atoms with Crippen molar-refractivity contribution in [1.29, 1.82) is 4.78 Å². The van der Waals surface area contributed by atoms with Crippen molar-refractivity contribution in [2.45, 2.75) is 6.18 Å². The van der Waals surface area contributed by atoms with Crippen molar-refractivity contribution in [2.24, 2.45) is 4.36 Å². The van der Waals surface area contributed by atoms with Crippen molar-refractivity contribution >= 4 is 68.6 Å². The number of alkyl halides is 3. The molecule has 1 amide bonds. The van der Waals surface area contributed by atoms with Crippen LogP contribution in [0.25, 0.3) is 0 Å². The van der Waals surface area contributed by atoms with Crippen LogP contribution in [0.3, 0.4) is 0 Å². The van der Waals surface area contributed by atoms with Crippen LogP contribution in [0.5, 0.6) is 0 Å². The number of amides is 1. The lowest BCUT2D eigenvalue weighted by Crippen LogP contribution is -2.41. The van der Waals surface area contributed by atoms with Crippen LogP contribution in [-0.4, -0.2) is 69.7 Å². The fourth-order valence-corrected chi connectivity index (χ4v) is 7.13. The number of carbonyl (C=O) groups excluding carboxylic acids is 1. The number of hydrogen-bond acceptors (Lipinski definition) is 6. The van der Waals surface area contributed by atoms with Crippen LogP contribution < -0.4 is 9.80 Å². The second-order valence-corrected chi connectivity index (χ2v) is 15.0. The minimum atomic E-state index is -5.06. The third-order valence-electron chi connectivity index (χ3n) is 5.62. The first kappa shape index (κ1) is 28.9. The number of nitrogens with one attached hydrogen (secondary N) is 1. The van der Waals surface area contributed by atoms with Gasteiger partial charge in [0, 0.05) is 79.2 Å². The van der Waals surface area contributed by atoms with Crippen LogP contribution in [-0.2, 0) is 24.3 Å². The molecule has 4 rings (SSSR count). The molecule has 0 aliphatic carbocycles. The van der Waals surface area contributed by atoms with Crippen molar-refractivity contribution in [3.63, 3.8) is 0 Å². The van der Waals surface area contributed by atoms with Gasteiger partial charge < -0.3 is 9.80 Å². The summed E-state index contributed by atoms with van der Waals surface area (Å²) in [6, 6.07) is 15.5. The zero-order chi connectivity index (χ0) is 26.6. The van der Waals surface area contributed by atoms with Crippen LogP contribution in [0.2, 0.25) is 0 Å². The smallest absolute Gasteiger partial charge is 0.370 e. The molecule has 0 spiro atoms. The quantitative estimate of drug-likeness (QED) is 0.477. The first-order chi connectivity index (χ1) is 16.8. The minimum Gasteiger partial charge on any atom is -0.370 e. The molecule has 0 saturated carbocycles. The molecular formula is C22H25Br2F3N4O3S2. The number of hydrogen-bond donors (Lipinski definition) is 1. The second kappa shape index (κ2) is 11.8. The fourth-order valence-electron chi connectivity index (χ4n) is 3.56. The molecule has 36 heavy (non-hydrogen) atoms. The lowest BCUT2D eigenvalue weighted by molar-refractivity contribution is -0.169. The van der Waals surface area contributed by atoms with Crippen LogP contribution in [0.15, 0.2) is 61.8 Å². The molecule has 0 aromatic heterocycles. The van der Waals surface area contributed by atoms with Gasteiger partial charge in [-0.25, -0.2) is 8.42 Å². The monoisotopic (exact) mass is 672 g/mol. The van der Waals surface area contributed by atoms with E-state index in [0.29, 0.717) is 24.6 Å². The van der Waals surface area contributed by atoms with Gasteiger partial charge in [0.25, 0.3) is 0 Å². The average molecular weight is 674 g/mol. The van der Waals surface area contributed by atoms with Crippen molar-refractivity contribution in [1.82, 2.24) is 0 Å². The Morgan fingerprint density at radius 3 is 1.50 bits per heavy atom. The highest BCUT2D eigenvalue weighted by Gasteiger charge is 2.40. The Balaban J connectivity index is 0.000000212. The number of anilines is 2. The van der Waals surface area contributed by atoms with E-state index in [1.54, 1.807) is 0 Å². The molecule has 0 bridgehead atoms. The van der Waals surface area contributed by atoms with Gasteiger partial charge in [-0.15, -0.1) is 0 Å². The van der Waals surface area contributed by atoms with Crippen molar-refractivity contribution in [2.75, 3.05) is 59.0 Å². The minimum absolute atomic E-state index is 0.0507. The van der Waals surface area contributed by atoms with Gasteiger partial charge in [0.05, 0.1) is 9.73 Å². The van der Waals surface area contributed by atoms with Crippen LogP contribution in [0.4, 0.5) is 24.5 Å². The highest BCUT2D eigenvalue weighted by molar-refractivity contribution is 9.10. The molecule has 2 saturated heterocycles. The topological polar surface area (TPSA) is 93.9 Å². The van der Waals surface area contributed by atoms with E-state index >= 15 is 0 Å². The van der Waals surface area contributed by atoms with Gasteiger partial charge in [-0.1, -0.05) is 31.9 Å². The van der Waals surface area contributed by atoms with Crippen molar-refractivity contribution in [3.05, 3.63) is 57.5 Å². The summed E-state index contributed by atoms with van der Waals surface area (Å²) in [5, 5.41) is 0. The Hall–Kier alpha value is -1.64. The van der Waals surface area contributed by atoms with Crippen molar-refractivity contribution in [3.8, 4) is 0 Å². The molecule has 198 valence electrons. The van der Waals surface area contributed by atoms with Gasteiger partial charge in [-0.3, -0.25) is 9.57 Å². The zero-order valence-electron chi connectivity index (χ0n) is 19.0. The second-order valence-electron chi connectivity index (χ2n) is 8.22. The maximum absolute atomic E-state index is 12.2. The van der Waals surface area contributed by atoms with E-state index in [1.807, 2.05) is 53.4 Å². The molecule has 2 aromatic rings. The number of rotatable bonds is 2. The number of halogens is 5. The van der Waals surface area contributed by atoms with Gasteiger partial charge >= 0.3 is 12.1 Å². The largest absolute Gasteiger partial charge is 0.474 e. The van der Waals surface area contributed by atoms with Crippen LogP contribution in [0.1, 0.15) is 0 Å². The normalized spacial score (nSPS) is 19.1. The third kappa shape index (κ3) is 8.45. The summed E-state index contributed by atoms with van der Waals surface area (Å²) in [4.78, 5) is 14.9. The maximum atomic E-state index is 12.2. The predicted molar refractivity (Wildman–Crippen MR) is 145 cm³/mol. The Labute approximate surface area is 225 Å². The van der Waals surface area contributed by atoms with E-state index in [4.69, 9.17) is 4.78 Å². The van der Waals surface area contributed by atoms with Crippen molar-refractivity contribution < 1.29 is 26.4 Å². The van der Waals surface area contributed by atoms with Gasteiger partial charge in [-0.2, -0.15) is 17.5 Å². The first-order valence-corrected chi connectivity index (χ1v) is 16.2. The molecule has 14 heteroatoms. The molecular weight excluding hydrogens is 649 g/mol. The van der Waals surface area contributed by atoms with Gasteiger partial charge in [0.2, 0.25) is 0 Å². The molecule has 2 aliphatic rings. The Morgan fingerprint density at radius 1 is 0.778 bits per heavy atom. The fraction of sp³-hybridized carbons (Fsp3) is 0.409. The molecule has 7 nitrogen and oxygen atoms in total. The van der Waals surface area contributed by atoms with Crippen LogP contribution in [0, 0.1) is 4.78 Å². The Bertz CT molecular complexity index is 1270. The summed E-state index contributed by atoms with van der Waals surface area (Å²) in [5.41, 5.74) is 2.04. The zero-order valence-corrected chi connectivity index (χ0v) is 23.9. The molecule has 0 unspecified atom stereocenters. The lowest BCUT2D eigenvalue weighted by Gasteiger charge is -2.30. The number of nitrogens with zero attached hydrogens (tertiary/aromatic N) is 3. The predicted octanol–water partition coefficient (Wildman–Crippen LogP) is 5.14. The summed E-state index contributed by atoms with van der Waals surface area (Å²) >= 11 is 6.70. The molecule has 0 atom stereocenters. The molecule has 2 aromatic carbocycles. The van der Waals surface area contributed by atoms with E-state index < -0.39 is 31.5 Å². The maximum Gasteiger partial charge on any atom is 0.474 e. The molecule has 2 fully saturated rings. The molecule has 1 N–H and O–H groups in total. The summed E-state index contributed by atoms with van der Waals surface area (Å²) in [7, 11) is -5.40. The van der Waals surface area contributed by atoms with Gasteiger partial charge in [-0.05, 0) is 48.5 Å². The third-order valence-corrected chi connectivity index (χ3v) is 10.5. The molecule has 0 radical (unpaired) electrons. The van der Waals surface area contributed by atoms with E-state index in [0.717, 1.165) is 33.4 Å². The summed E-state index contributed by atoms with van der Waals surface area (Å²) < 4.78 is 72.5. The number of carbonyl (C=O) groups is 1. The summed E-state index contributed by atoms with van der Waals surface area (Å²) in [5.74, 6) is -1.38.